The molecule has 6 amide bonds. The van der Waals surface area contributed by atoms with Crippen molar-refractivity contribution < 1.29 is 43.0 Å². The van der Waals surface area contributed by atoms with Gasteiger partial charge in [0, 0.05) is 60.4 Å². The van der Waals surface area contributed by atoms with E-state index in [9.17, 15) is 28.8 Å². The van der Waals surface area contributed by atoms with Crippen molar-refractivity contribution in [1.82, 2.24) is 40.1 Å². The lowest BCUT2D eigenvalue weighted by Gasteiger charge is -2.41. The summed E-state index contributed by atoms with van der Waals surface area (Å²) < 4.78 is 17.6. The number of likely N-dealkylation sites (N-methyl/N-ethyl adjacent to an activating group) is 4. The Morgan fingerprint density at radius 3 is 2.03 bits per heavy atom. The number of amides is 6. The van der Waals surface area contributed by atoms with Crippen LogP contribution in [0.3, 0.4) is 0 Å². The SMILES string of the molecule is CC[C@H](C)[C@@H]([C@@H](CC(=O)N1CCC[C@H]1[C@H](OC)[C@@H](C)C(=O)N[C@@H](Cc1ccccc1)c1nc(C(=O)N(C)CCN(C)C(=O)OC(C)(C)C)cs1)OC)N(C)C(=O)[C@@H](NC(=O)[C@H](C(C)C)N(C)C)C(C)C. The second kappa shape index (κ2) is 27.3. The van der Waals surface area contributed by atoms with Gasteiger partial charge in [-0.05, 0) is 77.4 Å². The van der Waals surface area contributed by atoms with Crippen molar-refractivity contribution in [3.05, 3.63) is 52.0 Å². The number of rotatable bonds is 25. The van der Waals surface area contributed by atoms with Crippen LogP contribution < -0.4 is 10.6 Å². The number of aromatic nitrogens is 1. The van der Waals surface area contributed by atoms with Crippen molar-refractivity contribution in [2.75, 3.05) is 69.1 Å². The van der Waals surface area contributed by atoms with Gasteiger partial charge < -0.3 is 44.4 Å². The second-order valence-electron chi connectivity index (χ2n) is 20.9. The first-order chi connectivity index (χ1) is 32.8. The molecular weight excluding hydrogens is 913 g/mol. The van der Waals surface area contributed by atoms with Gasteiger partial charge in [0.15, 0.2) is 0 Å². The molecule has 2 heterocycles. The van der Waals surface area contributed by atoms with Gasteiger partial charge in [-0.3, -0.25) is 28.9 Å². The molecule has 394 valence electrons. The summed E-state index contributed by atoms with van der Waals surface area (Å²) >= 11 is 1.28. The molecule has 0 unspecified atom stereocenters. The van der Waals surface area contributed by atoms with Crippen LogP contribution in [-0.4, -0.2) is 176 Å². The third kappa shape index (κ3) is 16.5. The van der Waals surface area contributed by atoms with E-state index >= 15 is 0 Å². The number of methoxy groups -OCH3 is 2. The van der Waals surface area contributed by atoms with Crippen molar-refractivity contribution >= 4 is 47.0 Å². The third-order valence-electron chi connectivity index (χ3n) is 13.4. The van der Waals surface area contributed by atoms with Crippen LogP contribution in [0.25, 0.3) is 0 Å². The molecule has 1 aromatic carbocycles. The zero-order valence-corrected chi connectivity index (χ0v) is 46.1. The molecule has 1 fully saturated rings. The maximum atomic E-state index is 14.5. The Bertz CT molecular complexity index is 2000. The van der Waals surface area contributed by atoms with Gasteiger partial charge in [-0.15, -0.1) is 11.3 Å². The fraction of sp³-hybridized carbons (Fsp3) is 0.712. The summed E-state index contributed by atoms with van der Waals surface area (Å²) in [5.74, 6) is -2.17. The number of hydrogen-bond donors (Lipinski definition) is 2. The highest BCUT2D eigenvalue weighted by Crippen LogP contribution is 2.31. The predicted molar refractivity (Wildman–Crippen MR) is 274 cm³/mol. The summed E-state index contributed by atoms with van der Waals surface area (Å²) in [5.41, 5.74) is 0.545. The highest BCUT2D eigenvalue weighted by molar-refractivity contribution is 7.09. The molecule has 2 aromatic rings. The summed E-state index contributed by atoms with van der Waals surface area (Å²) in [6.45, 7) is 20.0. The van der Waals surface area contributed by atoms with E-state index in [1.165, 1.54) is 21.1 Å². The molecule has 18 heteroatoms. The number of likely N-dealkylation sites (tertiary alicyclic amines) is 1. The van der Waals surface area contributed by atoms with Gasteiger partial charge in [-0.2, -0.15) is 0 Å². The van der Waals surface area contributed by atoms with Gasteiger partial charge in [0.1, 0.15) is 22.3 Å². The smallest absolute Gasteiger partial charge is 0.410 e. The van der Waals surface area contributed by atoms with Gasteiger partial charge in [-0.25, -0.2) is 9.78 Å². The van der Waals surface area contributed by atoms with E-state index in [0.717, 1.165) is 5.56 Å². The Balaban J connectivity index is 1.82. The third-order valence-corrected chi connectivity index (χ3v) is 14.4. The maximum absolute atomic E-state index is 14.5. The van der Waals surface area contributed by atoms with Gasteiger partial charge >= 0.3 is 6.09 Å². The minimum absolute atomic E-state index is 0.00865. The number of hydrogen-bond acceptors (Lipinski definition) is 12. The van der Waals surface area contributed by atoms with E-state index in [0.29, 0.717) is 37.2 Å². The molecular formula is C52H86N8O9S. The molecule has 1 aromatic heterocycles. The predicted octanol–water partition coefficient (Wildman–Crippen LogP) is 6.13. The normalized spacial score (nSPS) is 17.5. The van der Waals surface area contributed by atoms with Gasteiger partial charge in [0.2, 0.25) is 23.6 Å². The molecule has 1 aliphatic rings. The molecule has 3 rings (SSSR count). The molecule has 0 radical (unpaired) electrons. The van der Waals surface area contributed by atoms with E-state index in [2.05, 4.69) is 10.6 Å². The summed E-state index contributed by atoms with van der Waals surface area (Å²) in [6.07, 6.45) is 0.649. The maximum Gasteiger partial charge on any atom is 0.410 e. The number of nitrogens with zero attached hydrogens (tertiary/aromatic N) is 6. The summed E-state index contributed by atoms with van der Waals surface area (Å²) in [6, 6.07) is 7.02. The number of carbonyl (C=O) groups excluding carboxylic acids is 6. The highest BCUT2D eigenvalue weighted by Gasteiger charge is 2.43. The monoisotopic (exact) mass is 999 g/mol. The first-order valence-corrected chi connectivity index (χ1v) is 25.7. The number of thiazole rings is 1. The Labute approximate surface area is 422 Å². The molecule has 0 saturated carbocycles. The molecule has 17 nitrogen and oxygen atoms in total. The minimum atomic E-state index is -0.790. The van der Waals surface area contributed by atoms with Gasteiger partial charge in [0.25, 0.3) is 5.91 Å². The number of nitrogens with one attached hydrogen (secondary N) is 2. The van der Waals surface area contributed by atoms with Crippen molar-refractivity contribution in [2.24, 2.45) is 23.7 Å². The lowest BCUT2D eigenvalue weighted by atomic mass is 9.89. The fourth-order valence-electron chi connectivity index (χ4n) is 9.34. The van der Waals surface area contributed by atoms with Crippen LogP contribution >= 0.6 is 11.3 Å². The fourth-order valence-corrected chi connectivity index (χ4v) is 10.2. The summed E-state index contributed by atoms with van der Waals surface area (Å²) in [4.78, 5) is 95.9. The van der Waals surface area contributed by atoms with Crippen LogP contribution in [0.4, 0.5) is 4.79 Å². The van der Waals surface area contributed by atoms with Crippen LogP contribution in [0.2, 0.25) is 0 Å². The van der Waals surface area contributed by atoms with E-state index in [-0.39, 0.29) is 72.5 Å². The quantitative estimate of drug-likeness (QED) is 0.117. The molecule has 1 saturated heterocycles. The average Bonchev–Trinajstić information content (AvgIpc) is 4.00. The van der Waals surface area contributed by atoms with Crippen LogP contribution in [0.15, 0.2) is 35.7 Å². The van der Waals surface area contributed by atoms with Crippen molar-refractivity contribution in [3.63, 3.8) is 0 Å². The molecule has 1 aliphatic heterocycles. The topological polar surface area (TPSA) is 183 Å². The Kier molecular flexibility index (Phi) is 23.2. The number of carbonyl (C=O) groups is 6. The lowest BCUT2D eigenvalue weighted by molar-refractivity contribution is -0.148. The Morgan fingerprint density at radius 2 is 1.49 bits per heavy atom. The molecule has 9 atom stereocenters. The Hall–Kier alpha value is -4.65. The second-order valence-corrected chi connectivity index (χ2v) is 21.8. The zero-order chi connectivity index (χ0) is 52.8. The standard InChI is InChI=1S/C52H86N8O9S/c1-18-34(6)44(59(15)50(65)42(32(2)3)55-47(63)43(33(4)5)56(11)12)40(67-16)30-41(61)60-26-22-25-39(60)45(68-17)35(7)46(62)53-37(29-36-23-20-19-21-24-36)48-54-38(31-70-48)49(64)57(13)27-28-58(14)51(66)69-52(8,9)10/h19-21,23-24,31-35,37,39-40,42-45H,18,22,25-30H2,1-17H3,(H,53,62)(H,55,63)/t34-,35+,37-,39-,40+,42-,43-,44-,45+/m0/s1. The lowest BCUT2D eigenvalue weighted by Crippen LogP contribution is -2.59. The first kappa shape index (κ1) is 59.7. The molecule has 0 aliphatic carbocycles. The molecule has 0 spiro atoms. The largest absolute Gasteiger partial charge is 0.444 e. The average molecular weight is 999 g/mol. The Morgan fingerprint density at radius 1 is 0.857 bits per heavy atom. The first-order valence-electron chi connectivity index (χ1n) is 24.9. The van der Waals surface area contributed by atoms with E-state index < -0.39 is 60.0 Å². The van der Waals surface area contributed by atoms with Crippen LogP contribution in [0.5, 0.6) is 0 Å². The van der Waals surface area contributed by atoms with E-state index in [1.54, 1.807) is 78.2 Å². The van der Waals surface area contributed by atoms with Crippen LogP contribution in [-0.2, 0) is 39.8 Å². The molecule has 2 N–H and O–H groups in total. The van der Waals surface area contributed by atoms with Crippen LogP contribution in [0, 0.1) is 23.7 Å². The van der Waals surface area contributed by atoms with Crippen molar-refractivity contribution in [1.29, 1.82) is 0 Å². The minimum Gasteiger partial charge on any atom is -0.444 e. The summed E-state index contributed by atoms with van der Waals surface area (Å²) in [5, 5.41) is 8.50. The van der Waals surface area contributed by atoms with Gasteiger partial charge in [0.05, 0.1) is 48.7 Å². The zero-order valence-electron chi connectivity index (χ0n) is 45.2. The summed E-state index contributed by atoms with van der Waals surface area (Å²) in [7, 11) is 11.8. The number of benzene rings is 1. The van der Waals surface area contributed by atoms with Crippen LogP contribution in [0.1, 0.15) is 122 Å². The molecule has 70 heavy (non-hydrogen) atoms. The van der Waals surface area contributed by atoms with Crippen molar-refractivity contribution in [3.8, 4) is 0 Å². The number of ether oxygens (including phenoxy) is 3. The van der Waals surface area contributed by atoms with E-state index in [1.807, 2.05) is 90.9 Å². The van der Waals surface area contributed by atoms with Crippen molar-refractivity contribution in [2.45, 2.75) is 149 Å². The molecule has 0 bridgehead atoms. The highest BCUT2D eigenvalue weighted by atomic mass is 32.1. The van der Waals surface area contributed by atoms with Gasteiger partial charge in [-0.1, -0.05) is 85.2 Å². The van der Waals surface area contributed by atoms with E-state index in [4.69, 9.17) is 19.2 Å².